The van der Waals surface area contributed by atoms with Gasteiger partial charge in [-0.1, -0.05) is 6.92 Å². The summed E-state index contributed by atoms with van der Waals surface area (Å²) in [4.78, 5) is 24.7. The Morgan fingerprint density at radius 3 is 2.55 bits per heavy atom. The monoisotopic (exact) mass is 373 g/mol. The predicted octanol–water partition coefficient (Wildman–Crippen LogP) is 2.65. The fraction of sp³-hybridized carbons (Fsp3) is 0.467. The Hall–Kier alpha value is -1.76. The molecule has 22 heavy (non-hydrogen) atoms. The van der Waals surface area contributed by atoms with Crippen LogP contribution >= 0.6 is 15.9 Å². The lowest BCUT2D eigenvalue weighted by Crippen LogP contribution is -2.33. The summed E-state index contributed by atoms with van der Waals surface area (Å²) in [7, 11) is 3.06. The highest BCUT2D eigenvalue weighted by Crippen LogP contribution is 2.36. The Balaban J connectivity index is 3.03. The van der Waals surface area contributed by atoms with Crippen molar-refractivity contribution in [3.05, 3.63) is 22.2 Å². The van der Waals surface area contributed by atoms with Crippen LogP contribution in [0.1, 0.15) is 24.2 Å². The summed E-state index contributed by atoms with van der Waals surface area (Å²) in [5.41, 5.74) is 0.396. The maximum Gasteiger partial charge on any atom is 0.308 e. The summed E-state index contributed by atoms with van der Waals surface area (Å²) in [6.07, 6.45) is 0. The molecule has 0 aliphatic heterocycles. The number of methoxy groups -OCH3 is 1. The number of nitrogens with zero attached hydrogens (tertiary/aromatic N) is 1. The number of rotatable bonds is 7. The molecule has 0 aromatic heterocycles. The van der Waals surface area contributed by atoms with Gasteiger partial charge in [-0.2, -0.15) is 0 Å². The van der Waals surface area contributed by atoms with E-state index in [1.54, 1.807) is 26.1 Å². The molecule has 0 saturated heterocycles. The van der Waals surface area contributed by atoms with Crippen molar-refractivity contribution in [2.45, 2.75) is 13.8 Å². The maximum absolute atomic E-state index is 12.4. The fourth-order valence-electron chi connectivity index (χ4n) is 1.92. The summed E-state index contributed by atoms with van der Waals surface area (Å²) in [6.45, 7) is 4.01. The third kappa shape index (κ3) is 4.37. The smallest absolute Gasteiger partial charge is 0.308 e. The molecule has 7 heteroatoms. The molecular weight excluding hydrogens is 354 g/mol. The number of aliphatic carboxylic acids is 1. The van der Waals surface area contributed by atoms with Crippen molar-refractivity contribution in [3.63, 3.8) is 0 Å². The Morgan fingerprint density at radius 1 is 1.41 bits per heavy atom. The van der Waals surface area contributed by atoms with E-state index in [1.165, 1.54) is 12.0 Å². The minimum absolute atomic E-state index is 0.126. The van der Waals surface area contributed by atoms with E-state index >= 15 is 0 Å². The van der Waals surface area contributed by atoms with Gasteiger partial charge in [0.25, 0.3) is 5.91 Å². The molecule has 0 bridgehead atoms. The number of carboxylic acids is 1. The molecule has 1 amide bonds. The standard InChI is InChI=1S/C15H20BrNO5/c1-5-22-13-11(16)6-10(7-12(13)21-4)14(18)17(3)8-9(2)15(19)20/h6-7,9H,5,8H2,1-4H3,(H,19,20). The van der Waals surface area contributed by atoms with Gasteiger partial charge in [-0.15, -0.1) is 0 Å². The van der Waals surface area contributed by atoms with Crippen LogP contribution in [0.2, 0.25) is 0 Å². The van der Waals surface area contributed by atoms with Gasteiger partial charge in [0.2, 0.25) is 0 Å². The van der Waals surface area contributed by atoms with Crippen LogP contribution in [0.4, 0.5) is 0 Å². The first-order chi connectivity index (χ1) is 10.3. The van der Waals surface area contributed by atoms with E-state index in [0.717, 1.165) is 0 Å². The second-order valence-corrected chi connectivity index (χ2v) is 5.70. The van der Waals surface area contributed by atoms with Crippen LogP contribution in [-0.2, 0) is 4.79 Å². The molecule has 1 atom stereocenters. The lowest BCUT2D eigenvalue weighted by molar-refractivity contribution is -0.141. The molecule has 122 valence electrons. The topological polar surface area (TPSA) is 76.1 Å². The summed E-state index contributed by atoms with van der Waals surface area (Å²) in [5, 5.41) is 8.92. The molecule has 1 aromatic carbocycles. The van der Waals surface area contributed by atoms with Crippen molar-refractivity contribution in [2.75, 3.05) is 27.3 Å². The van der Waals surface area contributed by atoms with E-state index in [2.05, 4.69) is 15.9 Å². The maximum atomic E-state index is 12.4. The van der Waals surface area contributed by atoms with Crippen molar-refractivity contribution in [1.82, 2.24) is 4.90 Å². The molecule has 1 aromatic rings. The van der Waals surface area contributed by atoms with Gasteiger partial charge >= 0.3 is 5.97 Å². The second-order valence-electron chi connectivity index (χ2n) is 4.85. The number of benzene rings is 1. The Labute approximate surface area is 138 Å². The van der Waals surface area contributed by atoms with Crippen LogP contribution in [0.25, 0.3) is 0 Å². The van der Waals surface area contributed by atoms with E-state index in [4.69, 9.17) is 14.6 Å². The van der Waals surface area contributed by atoms with Gasteiger partial charge < -0.3 is 19.5 Å². The fourth-order valence-corrected chi connectivity index (χ4v) is 2.48. The molecule has 1 unspecified atom stereocenters. The average molecular weight is 374 g/mol. The van der Waals surface area contributed by atoms with Crippen LogP contribution in [0.15, 0.2) is 16.6 Å². The molecule has 1 rings (SSSR count). The Bertz CT molecular complexity index is 561. The normalized spacial score (nSPS) is 11.7. The minimum atomic E-state index is -0.940. The van der Waals surface area contributed by atoms with Crippen LogP contribution in [-0.4, -0.2) is 49.2 Å². The second kappa shape index (κ2) is 8.03. The molecule has 0 aliphatic rings. The number of hydrogen-bond acceptors (Lipinski definition) is 4. The molecule has 0 aliphatic carbocycles. The highest BCUT2D eigenvalue weighted by Gasteiger charge is 2.21. The zero-order valence-corrected chi connectivity index (χ0v) is 14.6. The van der Waals surface area contributed by atoms with Crippen molar-refractivity contribution >= 4 is 27.8 Å². The molecular formula is C15H20BrNO5. The molecule has 0 fully saturated rings. The number of amides is 1. The molecule has 0 radical (unpaired) electrons. The van der Waals surface area contributed by atoms with Gasteiger partial charge in [-0.05, 0) is 35.0 Å². The third-order valence-corrected chi connectivity index (χ3v) is 3.67. The summed E-state index contributed by atoms with van der Waals surface area (Å²) in [5.74, 6) is -0.885. The van der Waals surface area contributed by atoms with Crippen LogP contribution < -0.4 is 9.47 Å². The van der Waals surface area contributed by atoms with Gasteiger partial charge in [0.1, 0.15) is 0 Å². The number of carboxylic acid groups (broad SMARTS) is 1. The van der Waals surface area contributed by atoms with E-state index in [9.17, 15) is 9.59 Å². The van der Waals surface area contributed by atoms with E-state index in [0.29, 0.717) is 28.1 Å². The van der Waals surface area contributed by atoms with E-state index < -0.39 is 11.9 Å². The van der Waals surface area contributed by atoms with Gasteiger partial charge in [-0.25, -0.2) is 0 Å². The van der Waals surface area contributed by atoms with Gasteiger partial charge in [-0.3, -0.25) is 9.59 Å². The first kappa shape index (κ1) is 18.3. The number of carbonyl (C=O) groups is 2. The number of hydrogen-bond donors (Lipinski definition) is 1. The molecule has 0 saturated carbocycles. The zero-order chi connectivity index (χ0) is 16.9. The average Bonchev–Trinajstić information content (AvgIpc) is 2.47. The molecule has 1 N–H and O–H groups in total. The summed E-state index contributed by atoms with van der Waals surface area (Å²) >= 11 is 3.36. The highest BCUT2D eigenvalue weighted by molar-refractivity contribution is 9.10. The first-order valence-electron chi connectivity index (χ1n) is 6.80. The first-order valence-corrected chi connectivity index (χ1v) is 7.59. The van der Waals surface area contributed by atoms with Crippen LogP contribution in [0.3, 0.4) is 0 Å². The van der Waals surface area contributed by atoms with E-state index in [1.807, 2.05) is 6.92 Å². The summed E-state index contributed by atoms with van der Waals surface area (Å²) in [6, 6.07) is 3.22. The third-order valence-electron chi connectivity index (χ3n) is 3.08. The number of ether oxygens (including phenoxy) is 2. The summed E-state index contributed by atoms with van der Waals surface area (Å²) < 4.78 is 11.3. The van der Waals surface area contributed by atoms with Crippen LogP contribution in [0.5, 0.6) is 11.5 Å². The quantitative estimate of drug-likeness (QED) is 0.794. The van der Waals surface area contributed by atoms with Crippen molar-refractivity contribution < 1.29 is 24.2 Å². The lowest BCUT2D eigenvalue weighted by Gasteiger charge is -2.20. The van der Waals surface area contributed by atoms with Crippen molar-refractivity contribution in [3.8, 4) is 11.5 Å². The van der Waals surface area contributed by atoms with Crippen molar-refractivity contribution in [2.24, 2.45) is 5.92 Å². The molecule has 6 nitrogen and oxygen atoms in total. The van der Waals surface area contributed by atoms with Crippen LogP contribution in [0, 0.1) is 5.92 Å². The SMILES string of the molecule is CCOc1c(Br)cc(C(=O)N(C)CC(C)C(=O)O)cc1OC. The van der Waals surface area contributed by atoms with Crippen molar-refractivity contribution in [1.29, 1.82) is 0 Å². The highest BCUT2D eigenvalue weighted by atomic mass is 79.9. The number of halogens is 1. The predicted molar refractivity (Wildman–Crippen MR) is 85.6 cm³/mol. The minimum Gasteiger partial charge on any atom is -0.493 e. The Kier molecular flexibility index (Phi) is 6.67. The van der Waals surface area contributed by atoms with E-state index in [-0.39, 0.29) is 12.5 Å². The van der Waals surface area contributed by atoms with Gasteiger partial charge in [0.05, 0.1) is 24.1 Å². The van der Waals surface area contributed by atoms with Gasteiger partial charge in [0, 0.05) is 19.2 Å². The Morgan fingerprint density at radius 2 is 2.05 bits per heavy atom. The number of carbonyl (C=O) groups excluding carboxylic acids is 1. The van der Waals surface area contributed by atoms with Gasteiger partial charge in [0.15, 0.2) is 11.5 Å². The lowest BCUT2D eigenvalue weighted by atomic mass is 10.1. The largest absolute Gasteiger partial charge is 0.493 e. The molecule has 0 heterocycles. The zero-order valence-electron chi connectivity index (χ0n) is 13.1. The molecule has 0 spiro atoms.